The third-order valence-corrected chi connectivity index (χ3v) is 5.76. The number of benzene rings is 2. The molecule has 0 radical (unpaired) electrons. The van der Waals surface area contributed by atoms with Crippen molar-refractivity contribution < 1.29 is 14.6 Å². The maximum Gasteiger partial charge on any atom is 0.336 e. The maximum absolute atomic E-state index is 12.1. The van der Waals surface area contributed by atoms with Gasteiger partial charge in [-0.2, -0.15) is 0 Å². The lowest BCUT2D eigenvalue weighted by Gasteiger charge is -2.38. The summed E-state index contributed by atoms with van der Waals surface area (Å²) in [5, 5.41) is 21.8. The third kappa shape index (κ3) is 3.55. The number of hydrogen-bond donors (Lipinski definition) is 2. The highest BCUT2D eigenvalue weighted by atomic mass is 16.4. The van der Waals surface area contributed by atoms with Crippen molar-refractivity contribution in [3.05, 3.63) is 75.6 Å². The Morgan fingerprint density at radius 3 is 2.75 bits per heavy atom. The minimum Gasteiger partial charge on any atom is -0.508 e. The molecule has 4 rings (SSSR count). The predicted octanol–water partition coefficient (Wildman–Crippen LogP) is 3.90. The van der Waals surface area contributed by atoms with Crippen LogP contribution in [0.1, 0.15) is 42.1 Å². The Labute approximate surface area is 163 Å². The number of aryl methyl sites for hydroxylation is 1. The Bertz CT molecular complexity index is 1030. The van der Waals surface area contributed by atoms with Crippen LogP contribution in [0.15, 0.2) is 57.7 Å². The molecule has 1 aromatic heterocycles. The number of aromatic hydroxyl groups is 1. The fraction of sp³-hybridized carbons (Fsp3) is 0.348. The molecule has 0 saturated carbocycles. The number of phenols is 1. The van der Waals surface area contributed by atoms with Gasteiger partial charge in [-0.05, 0) is 49.6 Å². The summed E-state index contributed by atoms with van der Waals surface area (Å²) < 4.78 is 5.36. The van der Waals surface area contributed by atoms with E-state index in [0.717, 1.165) is 42.3 Å². The van der Waals surface area contributed by atoms with Gasteiger partial charge in [0, 0.05) is 29.6 Å². The van der Waals surface area contributed by atoms with E-state index in [-0.39, 0.29) is 11.8 Å². The fourth-order valence-corrected chi connectivity index (χ4v) is 4.21. The van der Waals surface area contributed by atoms with Crippen molar-refractivity contribution >= 4 is 11.0 Å². The van der Waals surface area contributed by atoms with Gasteiger partial charge in [-0.15, -0.1) is 0 Å². The van der Waals surface area contributed by atoms with Crippen molar-refractivity contribution in [2.75, 3.05) is 6.54 Å². The summed E-state index contributed by atoms with van der Waals surface area (Å²) in [6.07, 6.45) is 2.49. The van der Waals surface area contributed by atoms with Crippen molar-refractivity contribution in [2.45, 2.75) is 44.9 Å². The summed E-state index contributed by atoms with van der Waals surface area (Å²) >= 11 is 0. The number of hydrogen-bond acceptors (Lipinski definition) is 5. The van der Waals surface area contributed by atoms with Crippen molar-refractivity contribution in [1.82, 2.24) is 4.90 Å². The van der Waals surface area contributed by atoms with E-state index in [1.807, 2.05) is 30.3 Å². The Kier molecular flexibility index (Phi) is 5.20. The molecule has 5 nitrogen and oxygen atoms in total. The number of nitrogens with zero attached hydrogens (tertiary/aromatic N) is 1. The lowest BCUT2D eigenvalue weighted by atomic mass is 9.92. The second kappa shape index (κ2) is 7.78. The van der Waals surface area contributed by atoms with Crippen LogP contribution in [0.3, 0.4) is 0 Å². The Morgan fingerprint density at radius 1 is 1.18 bits per heavy atom. The number of aliphatic hydroxyl groups excluding tert-OH is 1. The topological polar surface area (TPSA) is 73.9 Å². The monoisotopic (exact) mass is 379 g/mol. The van der Waals surface area contributed by atoms with Crippen LogP contribution in [0.4, 0.5) is 0 Å². The van der Waals surface area contributed by atoms with Crippen molar-refractivity contribution in [1.29, 1.82) is 0 Å². The lowest BCUT2D eigenvalue weighted by Crippen LogP contribution is -2.42. The smallest absolute Gasteiger partial charge is 0.336 e. The summed E-state index contributed by atoms with van der Waals surface area (Å²) in [6, 6.07) is 14.7. The molecule has 1 aliphatic heterocycles. The first kappa shape index (κ1) is 18.7. The van der Waals surface area contributed by atoms with Gasteiger partial charge < -0.3 is 14.6 Å². The van der Waals surface area contributed by atoms with Crippen LogP contribution in [0.5, 0.6) is 5.75 Å². The van der Waals surface area contributed by atoms with E-state index in [2.05, 4.69) is 4.90 Å². The highest BCUT2D eigenvalue weighted by molar-refractivity contribution is 5.84. The molecule has 1 saturated heterocycles. The molecule has 1 fully saturated rings. The lowest BCUT2D eigenvalue weighted by molar-refractivity contribution is 0.0204. The highest BCUT2D eigenvalue weighted by Gasteiger charge is 2.30. The average Bonchev–Trinajstić information content (AvgIpc) is 2.71. The van der Waals surface area contributed by atoms with Crippen molar-refractivity contribution in [2.24, 2.45) is 0 Å². The molecule has 2 N–H and O–H groups in total. The van der Waals surface area contributed by atoms with Gasteiger partial charge in [-0.25, -0.2) is 4.79 Å². The van der Waals surface area contributed by atoms with E-state index in [0.29, 0.717) is 17.7 Å². The van der Waals surface area contributed by atoms with E-state index in [9.17, 15) is 15.0 Å². The Balaban J connectivity index is 1.69. The molecule has 0 aliphatic carbocycles. The molecule has 0 unspecified atom stereocenters. The van der Waals surface area contributed by atoms with Crippen LogP contribution >= 0.6 is 0 Å². The number of piperidine rings is 1. The average molecular weight is 379 g/mol. The molecule has 0 amide bonds. The van der Waals surface area contributed by atoms with Gasteiger partial charge >= 0.3 is 5.63 Å². The summed E-state index contributed by atoms with van der Waals surface area (Å²) in [4.78, 5) is 14.4. The normalized spacial score (nSPS) is 19.0. The molecule has 28 heavy (non-hydrogen) atoms. The predicted molar refractivity (Wildman–Crippen MR) is 108 cm³/mol. The Hall–Kier alpha value is -2.63. The van der Waals surface area contributed by atoms with Gasteiger partial charge in [0.1, 0.15) is 11.3 Å². The van der Waals surface area contributed by atoms with Gasteiger partial charge in [0.25, 0.3) is 0 Å². The standard InChI is InChI=1S/C23H25NO4/c1-15-20(25)11-10-18-17(13-21(26)28-23(15)18)14-24-12-6-5-9-19(24)22(27)16-7-3-2-4-8-16/h2-4,7-8,10-11,13,19,22,25,27H,5-6,9,12,14H2,1H3/t19-,22+/m0/s1. The first-order chi connectivity index (χ1) is 13.5. The van der Waals surface area contributed by atoms with E-state index in [1.54, 1.807) is 19.1 Å². The largest absolute Gasteiger partial charge is 0.508 e. The molecule has 0 bridgehead atoms. The molecule has 3 aromatic rings. The molecule has 146 valence electrons. The quantitative estimate of drug-likeness (QED) is 0.673. The zero-order valence-electron chi connectivity index (χ0n) is 16.0. The first-order valence-corrected chi connectivity index (χ1v) is 9.77. The van der Waals surface area contributed by atoms with Gasteiger partial charge in [-0.1, -0.05) is 36.8 Å². The van der Waals surface area contributed by atoms with Crippen LogP contribution in [-0.2, 0) is 6.54 Å². The molecule has 5 heteroatoms. The van der Waals surface area contributed by atoms with Gasteiger partial charge in [0.15, 0.2) is 0 Å². The molecule has 2 atom stereocenters. The zero-order valence-corrected chi connectivity index (χ0v) is 16.0. The molecular formula is C23H25NO4. The van der Waals surface area contributed by atoms with Crippen LogP contribution in [0.2, 0.25) is 0 Å². The van der Waals surface area contributed by atoms with Crippen LogP contribution in [0.25, 0.3) is 11.0 Å². The molecular weight excluding hydrogens is 354 g/mol. The van der Waals surface area contributed by atoms with Crippen LogP contribution in [-0.4, -0.2) is 27.7 Å². The second-order valence-corrected chi connectivity index (χ2v) is 7.57. The SMILES string of the molecule is Cc1c(O)ccc2c(CN3CCCC[C@H]3[C@H](O)c3ccccc3)cc(=O)oc12. The number of fused-ring (bicyclic) bond motifs is 1. The van der Waals surface area contributed by atoms with E-state index in [4.69, 9.17) is 4.42 Å². The molecule has 2 aromatic carbocycles. The fourth-order valence-electron chi connectivity index (χ4n) is 4.21. The van der Waals surface area contributed by atoms with E-state index in [1.165, 1.54) is 6.07 Å². The highest BCUT2D eigenvalue weighted by Crippen LogP contribution is 2.32. The second-order valence-electron chi connectivity index (χ2n) is 7.57. The van der Waals surface area contributed by atoms with Crippen molar-refractivity contribution in [3.8, 4) is 5.75 Å². The summed E-state index contributed by atoms with van der Waals surface area (Å²) in [5.41, 5.74) is 2.35. The molecule has 2 heterocycles. The first-order valence-electron chi connectivity index (χ1n) is 9.77. The molecule has 1 aliphatic rings. The number of likely N-dealkylation sites (tertiary alicyclic amines) is 1. The maximum atomic E-state index is 12.1. The van der Waals surface area contributed by atoms with Gasteiger partial charge in [0.05, 0.1) is 6.10 Å². The zero-order chi connectivity index (χ0) is 19.7. The summed E-state index contributed by atoms with van der Waals surface area (Å²) in [7, 11) is 0. The van der Waals surface area contributed by atoms with Crippen molar-refractivity contribution in [3.63, 3.8) is 0 Å². The van der Waals surface area contributed by atoms with Gasteiger partial charge in [-0.3, -0.25) is 4.90 Å². The van der Waals surface area contributed by atoms with E-state index >= 15 is 0 Å². The number of aliphatic hydroxyl groups is 1. The Morgan fingerprint density at radius 2 is 1.96 bits per heavy atom. The molecule has 0 spiro atoms. The number of phenolic OH excluding ortho intramolecular Hbond substituents is 1. The van der Waals surface area contributed by atoms with Gasteiger partial charge in [0.2, 0.25) is 0 Å². The number of rotatable bonds is 4. The minimum absolute atomic E-state index is 0.00309. The van der Waals surface area contributed by atoms with Crippen LogP contribution < -0.4 is 5.63 Å². The summed E-state index contributed by atoms with van der Waals surface area (Å²) in [6.45, 7) is 3.17. The van der Waals surface area contributed by atoms with E-state index < -0.39 is 11.7 Å². The van der Waals surface area contributed by atoms with Crippen LogP contribution in [0, 0.1) is 6.92 Å². The minimum atomic E-state index is -0.571. The third-order valence-electron chi connectivity index (χ3n) is 5.76. The summed E-state index contributed by atoms with van der Waals surface area (Å²) in [5.74, 6) is 0.114.